The van der Waals surface area contributed by atoms with Crippen LogP contribution in [-0.4, -0.2) is 31.6 Å². The molecule has 0 radical (unpaired) electrons. The van der Waals surface area contributed by atoms with Gasteiger partial charge in [-0.15, -0.1) is 0 Å². The van der Waals surface area contributed by atoms with Crippen LogP contribution in [0.25, 0.3) is 0 Å². The number of likely N-dealkylation sites (N-methyl/N-ethyl adjacent to an activating group) is 1. The van der Waals surface area contributed by atoms with Crippen molar-refractivity contribution < 1.29 is 0 Å². The average Bonchev–Trinajstić information content (AvgIpc) is 2.76. The van der Waals surface area contributed by atoms with Crippen molar-refractivity contribution in [2.75, 3.05) is 26.7 Å². The quantitative estimate of drug-likeness (QED) is 0.637. The third kappa shape index (κ3) is 5.31. The van der Waals surface area contributed by atoms with E-state index in [0.29, 0.717) is 0 Å². The monoisotopic (exact) mass is 258 g/mol. The van der Waals surface area contributed by atoms with Gasteiger partial charge in [0.1, 0.15) is 0 Å². The van der Waals surface area contributed by atoms with Gasteiger partial charge in [-0.2, -0.15) is 0 Å². The van der Waals surface area contributed by atoms with Gasteiger partial charge in [-0.05, 0) is 44.5 Å². The zero-order chi connectivity index (χ0) is 14.3. The molecule has 0 spiro atoms. The van der Waals surface area contributed by atoms with Crippen molar-refractivity contribution in [3.8, 4) is 0 Å². The van der Waals surface area contributed by atoms with Gasteiger partial charge in [-0.3, -0.25) is 0 Å². The summed E-state index contributed by atoms with van der Waals surface area (Å²) in [7, 11) is 2.17. The molecule has 0 aromatic rings. The second kappa shape index (κ2) is 7.80. The molecule has 2 nitrogen and oxygen atoms in total. The first-order valence-electron chi connectivity index (χ1n) is 6.82. The second-order valence-corrected chi connectivity index (χ2v) is 5.17. The van der Waals surface area contributed by atoms with Crippen molar-refractivity contribution in [3.63, 3.8) is 0 Å². The minimum absolute atomic E-state index is 0.993. The zero-order valence-corrected chi connectivity index (χ0v) is 12.3. The number of allylic oxidation sites excluding steroid dienone is 6. The molecule has 0 atom stereocenters. The van der Waals surface area contributed by atoms with Gasteiger partial charge in [0.25, 0.3) is 0 Å². The van der Waals surface area contributed by atoms with Crippen molar-refractivity contribution in [3.05, 3.63) is 60.4 Å². The summed E-state index contributed by atoms with van der Waals surface area (Å²) in [5, 5.41) is 3.26. The van der Waals surface area contributed by atoms with Crippen LogP contribution in [0.3, 0.4) is 0 Å². The predicted octanol–water partition coefficient (Wildman–Crippen LogP) is 3.43. The number of hydrogen-bond donors (Lipinski definition) is 1. The van der Waals surface area contributed by atoms with Gasteiger partial charge in [0.2, 0.25) is 0 Å². The Kier molecular flexibility index (Phi) is 6.37. The van der Waals surface area contributed by atoms with Gasteiger partial charge in [0, 0.05) is 18.8 Å². The van der Waals surface area contributed by atoms with Crippen LogP contribution in [0.2, 0.25) is 0 Å². The highest BCUT2D eigenvalue weighted by atomic mass is 15.1. The summed E-state index contributed by atoms with van der Waals surface area (Å²) in [6.45, 7) is 16.6. The maximum atomic E-state index is 3.86. The fraction of sp³-hybridized carbons (Fsp3) is 0.412. The maximum absolute atomic E-state index is 3.86. The highest BCUT2D eigenvalue weighted by molar-refractivity contribution is 5.49. The topological polar surface area (TPSA) is 15.3 Å². The second-order valence-electron chi connectivity index (χ2n) is 5.17. The molecular formula is C17H26N2. The molecule has 1 N–H and O–H groups in total. The number of rotatable bonds is 9. The fourth-order valence-corrected chi connectivity index (χ4v) is 2.27. The molecule has 0 saturated heterocycles. The summed E-state index contributed by atoms with van der Waals surface area (Å²) in [5.41, 5.74) is 5.00. The van der Waals surface area contributed by atoms with Crippen LogP contribution >= 0.6 is 0 Å². The Morgan fingerprint density at radius 3 is 2.68 bits per heavy atom. The molecule has 0 saturated carbocycles. The number of nitrogens with zero attached hydrogens (tertiary/aromatic N) is 1. The largest absolute Gasteiger partial charge is 0.389 e. The van der Waals surface area contributed by atoms with Crippen LogP contribution in [0.4, 0.5) is 0 Å². The van der Waals surface area contributed by atoms with E-state index in [4.69, 9.17) is 0 Å². The van der Waals surface area contributed by atoms with Gasteiger partial charge in [0.05, 0.1) is 0 Å². The van der Waals surface area contributed by atoms with Crippen LogP contribution in [-0.2, 0) is 0 Å². The Hall–Kier alpha value is -1.54. The van der Waals surface area contributed by atoms with E-state index >= 15 is 0 Å². The van der Waals surface area contributed by atoms with Crippen LogP contribution in [0.5, 0.6) is 0 Å². The smallest absolute Gasteiger partial charge is 0.0196 e. The lowest BCUT2D eigenvalue weighted by molar-refractivity contribution is 0.353. The molecule has 1 aliphatic rings. The molecule has 0 aromatic carbocycles. The first-order valence-corrected chi connectivity index (χ1v) is 6.82. The molecule has 0 aliphatic heterocycles. The Labute approximate surface area is 117 Å². The minimum Gasteiger partial charge on any atom is -0.389 e. The first-order chi connectivity index (χ1) is 9.06. The third-order valence-electron chi connectivity index (χ3n) is 3.23. The lowest BCUT2D eigenvalue weighted by atomic mass is 10.1. The van der Waals surface area contributed by atoms with E-state index < -0.39 is 0 Å². The van der Waals surface area contributed by atoms with Crippen LogP contribution in [0.15, 0.2) is 60.4 Å². The zero-order valence-electron chi connectivity index (χ0n) is 12.3. The van der Waals surface area contributed by atoms with E-state index in [-0.39, 0.29) is 0 Å². The van der Waals surface area contributed by atoms with E-state index in [1.807, 2.05) is 19.1 Å². The van der Waals surface area contributed by atoms with E-state index in [1.165, 1.54) is 16.7 Å². The van der Waals surface area contributed by atoms with Gasteiger partial charge in [-0.1, -0.05) is 43.5 Å². The molecule has 2 heteroatoms. The first kappa shape index (κ1) is 15.5. The molecular weight excluding hydrogens is 232 g/mol. The lowest BCUT2D eigenvalue weighted by Crippen LogP contribution is -2.25. The van der Waals surface area contributed by atoms with E-state index in [1.54, 1.807) is 0 Å². The summed E-state index contributed by atoms with van der Waals surface area (Å²) in [6, 6.07) is 0. The van der Waals surface area contributed by atoms with E-state index in [0.717, 1.165) is 38.2 Å². The Balaban J connectivity index is 2.31. The number of hydrogen-bond acceptors (Lipinski definition) is 2. The normalized spacial score (nSPS) is 14.6. The van der Waals surface area contributed by atoms with Crippen molar-refractivity contribution in [1.29, 1.82) is 0 Å². The van der Waals surface area contributed by atoms with Gasteiger partial charge in [-0.25, -0.2) is 0 Å². The van der Waals surface area contributed by atoms with E-state index in [2.05, 4.69) is 43.1 Å². The molecule has 0 unspecified atom stereocenters. The molecule has 0 aromatic heterocycles. The molecule has 1 rings (SSSR count). The summed E-state index contributed by atoms with van der Waals surface area (Å²) in [4.78, 5) is 2.36. The molecule has 0 fully saturated rings. The average molecular weight is 258 g/mol. The Bertz CT molecular complexity index is 413. The third-order valence-corrected chi connectivity index (χ3v) is 3.23. The van der Waals surface area contributed by atoms with Gasteiger partial charge in [0.15, 0.2) is 0 Å². The summed E-state index contributed by atoms with van der Waals surface area (Å²) >= 11 is 0. The van der Waals surface area contributed by atoms with Crippen molar-refractivity contribution in [1.82, 2.24) is 10.2 Å². The van der Waals surface area contributed by atoms with Crippen LogP contribution in [0.1, 0.15) is 19.8 Å². The SMILES string of the molecule is C=CC1=C(C=C)CC(CN(C)CCCNC(=C)C)=C1. The molecule has 0 amide bonds. The lowest BCUT2D eigenvalue weighted by Gasteiger charge is -2.17. The van der Waals surface area contributed by atoms with Gasteiger partial charge >= 0.3 is 0 Å². The standard InChI is InChI=1S/C17H26N2/c1-6-16-11-15(12-17(16)7-2)13-19(5)10-8-9-18-14(3)4/h6-7,11,18H,1-3,8-10,12-13H2,4-5H3. The van der Waals surface area contributed by atoms with Crippen molar-refractivity contribution >= 4 is 0 Å². The minimum atomic E-state index is 0.993. The highest BCUT2D eigenvalue weighted by Crippen LogP contribution is 2.27. The summed E-state index contributed by atoms with van der Waals surface area (Å²) < 4.78 is 0. The Morgan fingerprint density at radius 2 is 2.16 bits per heavy atom. The Morgan fingerprint density at radius 1 is 1.42 bits per heavy atom. The molecule has 0 bridgehead atoms. The van der Waals surface area contributed by atoms with E-state index in [9.17, 15) is 0 Å². The van der Waals surface area contributed by atoms with Crippen molar-refractivity contribution in [2.24, 2.45) is 0 Å². The van der Waals surface area contributed by atoms with Crippen LogP contribution in [0, 0.1) is 0 Å². The highest BCUT2D eigenvalue weighted by Gasteiger charge is 2.12. The molecule has 1 aliphatic carbocycles. The summed E-state index contributed by atoms with van der Waals surface area (Å²) in [5.74, 6) is 0. The predicted molar refractivity (Wildman–Crippen MR) is 85.1 cm³/mol. The molecule has 19 heavy (non-hydrogen) atoms. The molecule has 0 heterocycles. The van der Waals surface area contributed by atoms with Crippen LogP contribution < -0.4 is 5.32 Å². The molecule has 104 valence electrons. The van der Waals surface area contributed by atoms with Gasteiger partial charge < -0.3 is 10.2 Å². The fourth-order valence-electron chi connectivity index (χ4n) is 2.27. The summed E-state index contributed by atoms with van der Waals surface area (Å²) in [6.07, 6.45) is 8.25. The number of nitrogens with one attached hydrogen (secondary N) is 1. The van der Waals surface area contributed by atoms with Crippen molar-refractivity contribution in [2.45, 2.75) is 19.8 Å². The maximum Gasteiger partial charge on any atom is 0.0196 e.